The molecule has 0 saturated carbocycles. The molecule has 0 spiro atoms. The first-order valence-corrected chi connectivity index (χ1v) is 6.38. The third-order valence-corrected chi connectivity index (χ3v) is 3.41. The molecule has 0 aliphatic carbocycles. The molecule has 0 atom stereocenters. The van der Waals surface area contributed by atoms with Gasteiger partial charge in [-0.1, -0.05) is 48.0 Å². The Labute approximate surface area is 112 Å². The standard InChI is InChI=1S/C17H15NO/c1-12-5-4-6-13(9-12)10-17-15(11-19)14-7-2-3-8-16(14)18-17/h2-9,11,18H,10H2,1H3. The monoisotopic (exact) mass is 249 g/mol. The number of aldehydes is 1. The first kappa shape index (κ1) is 11.7. The van der Waals surface area contributed by atoms with Gasteiger partial charge in [0.05, 0.1) is 0 Å². The Bertz CT molecular complexity index is 740. The van der Waals surface area contributed by atoms with E-state index in [1.807, 2.05) is 30.3 Å². The molecule has 2 aromatic carbocycles. The van der Waals surface area contributed by atoms with Crippen LogP contribution < -0.4 is 0 Å². The minimum absolute atomic E-state index is 0.754. The molecule has 1 heterocycles. The van der Waals surface area contributed by atoms with Crippen LogP contribution in [0.1, 0.15) is 27.2 Å². The van der Waals surface area contributed by atoms with E-state index in [9.17, 15) is 4.79 Å². The maximum atomic E-state index is 11.3. The van der Waals surface area contributed by atoms with Crippen LogP contribution in [0, 0.1) is 6.92 Å². The maximum Gasteiger partial charge on any atom is 0.152 e. The summed E-state index contributed by atoms with van der Waals surface area (Å²) < 4.78 is 0. The Morgan fingerprint density at radius 1 is 1.11 bits per heavy atom. The van der Waals surface area contributed by atoms with E-state index in [1.54, 1.807) is 0 Å². The fourth-order valence-electron chi connectivity index (χ4n) is 2.52. The van der Waals surface area contributed by atoms with E-state index in [4.69, 9.17) is 0 Å². The van der Waals surface area contributed by atoms with Gasteiger partial charge in [0.15, 0.2) is 6.29 Å². The van der Waals surface area contributed by atoms with Gasteiger partial charge in [-0.3, -0.25) is 4.79 Å². The molecule has 0 bridgehead atoms. The summed E-state index contributed by atoms with van der Waals surface area (Å²) in [5.74, 6) is 0. The number of aromatic amines is 1. The molecule has 2 nitrogen and oxygen atoms in total. The zero-order valence-corrected chi connectivity index (χ0v) is 10.8. The van der Waals surface area contributed by atoms with E-state index in [0.717, 1.165) is 34.9 Å². The summed E-state index contributed by atoms with van der Waals surface area (Å²) in [4.78, 5) is 14.7. The molecule has 3 aromatic rings. The second kappa shape index (κ2) is 4.73. The Morgan fingerprint density at radius 3 is 2.74 bits per heavy atom. The number of hydrogen-bond donors (Lipinski definition) is 1. The number of aromatic nitrogens is 1. The van der Waals surface area contributed by atoms with E-state index < -0.39 is 0 Å². The Hall–Kier alpha value is -2.35. The number of carbonyl (C=O) groups excluding carboxylic acids is 1. The quantitative estimate of drug-likeness (QED) is 0.702. The highest BCUT2D eigenvalue weighted by molar-refractivity contribution is 5.98. The first-order chi connectivity index (χ1) is 9.28. The fourth-order valence-corrected chi connectivity index (χ4v) is 2.52. The number of fused-ring (bicyclic) bond motifs is 1. The minimum atomic E-state index is 0.754. The van der Waals surface area contributed by atoms with Gasteiger partial charge >= 0.3 is 0 Å². The lowest BCUT2D eigenvalue weighted by Crippen LogP contribution is -1.93. The van der Waals surface area contributed by atoms with Crippen LogP contribution in [0.3, 0.4) is 0 Å². The van der Waals surface area contributed by atoms with Crippen molar-refractivity contribution in [1.82, 2.24) is 4.98 Å². The van der Waals surface area contributed by atoms with Gasteiger partial charge in [-0.05, 0) is 18.6 Å². The van der Waals surface area contributed by atoms with Crippen molar-refractivity contribution in [2.45, 2.75) is 13.3 Å². The highest BCUT2D eigenvalue weighted by Crippen LogP contribution is 2.23. The Morgan fingerprint density at radius 2 is 1.95 bits per heavy atom. The molecule has 3 rings (SSSR count). The summed E-state index contributed by atoms with van der Waals surface area (Å²) in [5, 5.41) is 1.00. The third-order valence-electron chi connectivity index (χ3n) is 3.41. The number of carbonyl (C=O) groups is 1. The van der Waals surface area contributed by atoms with Crippen molar-refractivity contribution in [1.29, 1.82) is 0 Å². The van der Waals surface area contributed by atoms with Crippen molar-refractivity contribution in [2.75, 3.05) is 0 Å². The van der Waals surface area contributed by atoms with Gasteiger partial charge in [0.2, 0.25) is 0 Å². The number of hydrogen-bond acceptors (Lipinski definition) is 1. The molecule has 0 aliphatic heterocycles. The van der Waals surface area contributed by atoms with Crippen LogP contribution >= 0.6 is 0 Å². The average Bonchev–Trinajstić information content (AvgIpc) is 2.75. The van der Waals surface area contributed by atoms with Crippen LogP contribution in [0.25, 0.3) is 10.9 Å². The number of aryl methyl sites for hydroxylation is 1. The number of rotatable bonds is 3. The van der Waals surface area contributed by atoms with E-state index in [2.05, 4.69) is 30.1 Å². The lowest BCUT2D eigenvalue weighted by molar-refractivity contribution is 0.112. The van der Waals surface area contributed by atoms with Crippen molar-refractivity contribution in [3.8, 4) is 0 Å². The maximum absolute atomic E-state index is 11.3. The molecule has 0 radical (unpaired) electrons. The zero-order valence-electron chi connectivity index (χ0n) is 10.8. The largest absolute Gasteiger partial charge is 0.358 e. The van der Waals surface area contributed by atoms with E-state index >= 15 is 0 Å². The molecule has 0 amide bonds. The molecule has 0 fully saturated rings. The summed E-state index contributed by atoms with van der Waals surface area (Å²) in [6.45, 7) is 2.08. The SMILES string of the molecule is Cc1cccc(Cc2[nH]c3ccccc3c2C=O)c1. The number of benzene rings is 2. The molecule has 0 saturated heterocycles. The highest BCUT2D eigenvalue weighted by atomic mass is 16.1. The van der Waals surface area contributed by atoms with Gasteiger partial charge in [-0.2, -0.15) is 0 Å². The van der Waals surface area contributed by atoms with Crippen molar-refractivity contribution in [2.24, 2.45) is 0 Å². The van der Waals surface area contributed by atoms with Gasteiger partial charge in [0.25, 0.3) is 0 Å². The van der Waals surface area contributed by atoms with Gasteiger partial charge in [-0.25, -0.2) is 0 Å². The predicted octanol–water partition coefficient (Wildman–Crippen LogP) is 3.88. The van der Waals surface area contributed by atoms with E-state index in [0.29, 0.717) is 0 Å². The molecule has 2 heteroatoms. The molecule has 0 unspecified atom stereocenters. The third kappa shape index (κ3) is 2.17. The smallest absolute Gasteiger partial charge is 0.152 e. The fraction of sp³-hybridized carbons (Fsp3) is 0.118. The van der Waals surface area contributed by atoms with Crippen LogP contribution in [0.15, 0.2) is 48.5 Å². The number of nitrogens with one attached hydrogen (secondary N) is 1. The molecule has 1 aromatic heterocycles. The molecular weight excluding hydrogens is 234 g/mol. The van der Waals surface area contributed by atoms with Gasteiger partial charge in [-0.15, -0.1) is 0 Å². The molecular formula is C17H15NO. The normalized spacial score (nSPS) is 10.8. The molecule has 1 N–H and O–H groups in total. The van der Waals surface area contributed by atoms with Crippen molar-refractivity contribution in [3.63, 3.8) is 0 Å². The van der Waals surface area contributed by atoms with Crippen LogP contribution in [-0.4, -0.2) is 11.3 Å². The summed E-state index contributed by atoms with van der Waals surface area (Å²) in [6.07, 6.45) is 1.70. The Balaban J connectivity index is 2.07. The molecule has 0 aliphatic rings. The zero-order chi connectivity index (χ0) is 13.2. The summed E-state index contributed by atoms with van der Waals surface area (Å²) in [7, 11) is 0. The summed E-state index contributed by atoms with van der Waals surface area (Å²) in [6, 6.07) is 16.3. The number of H-pyrrole nitrogens is 1. The Kier molecular flexibility index (Phi) is 2.92. The van der Waals surface area contributed by atoms with Crippen LogP contribution in [0.5, 0.6) is 0 Å². The van der Waals surface area contributed by atoms with Gasteiger partial charge in [0.1, 0.15) is 0 Å². The van der Waals surface area contributed by atoms with Gasteiger partial charge < -0.3 is 4.98 Å². The first-order valence-electron chi connectivity index (χ1n) is 6.38. The van der Waals surface area contributed by atoms with Crippen molar-refractivity contribution < 1.29 is 4.79 Å². The predicted molar refractivity (Wildman–Crippen MR) is 77.7 cm³/mol. The average molecular weight is 249 g/mol. The summed E-state index contributed by atoms with van der Waals surface area (Å²) in [5.41, 5.74) is 5.24. The van der Waals surface area contributed by atoms with Gasteiger partial charge in [0, 0.05) is 28.6 Å². The summed E-state index contributed by atoms with van der Waals surface area (Å²) >= 11 is 0. The molecule has 19 heavy (non-hydrogen) atoms. The van der Waals surface area contributed by atoms with Crippen LogP contribution in [0.4, 0.5) is 0 Å². The second-order valence-corrected chi connectivity index (χ2v) is 4.85. The second-order valence-electron chi connectivity index (χ2n) is 4.85. The van der Waals surface area contributed by atoms with Crippen LogP contribution in [-0.2, 0) is 6.42 Å². The lowest BCUT2D eigenvalue weighted by Gasteiger charge is -2.02. The van der Waals surface area contributed by atoms with E-state index in [1.165, 1.54) is 11.1 Å². The highest BCUT2D eigenvalue weighted by Gasteiger charge is 2.10. The minimum Gasteiger partial charge on any atom is -0.358 e. The van der Waals surface area contributed by atoms with E-state index in [-0.39, 0.29) is 0 Å². The lowest BCUT2D eigenvalue weighted by atomic mass is 10.0. The van der Waals surface area contributed by atoms with Crippen LogP contribution in [0.2, 0.25) is 0 Å². The van der Waals surface area contributed by atoms with Crippen molar-refractivity contribution >= 4 is 17.2 Å². The number of para-hydroxylation sites is 1. The molecule has 94 valence electrons. The topological polar surface area (TPSA) is 32.9 Å². The van der Waals surface area contributed by atoms with Crippen molar-refractivity contribution in [3.05, 3.63) is 70.9 Å².